The molecule has 106 valence electrons. The second kappa shape index (κ2) is 5.82. The number of hydrogen-bond acceptors (Lipinski definition) is 3. The summed E-state index contributed by atoms with van der Waals surface area (Å²) >= 11 is 3.48. The third-order valence-electron chi connectivity index (χ3n) is 3.44. The van der Waals surface area contributed by atoms with Crippen molar-refractivity contribution < 1.29 is 0 Å². The van der Waals surface area contributed by atoms with Gasteiger partial charge in [0, 0.05) is 5.56 Å². The van der Waals surface area contributed by atoms with Crippen LogP contribution in [0.15, 0.2) is 46.9 Å². The van der Waals surface area contributed by atoms with E-state index < -0.39 is 0 Å². The van der Waals surface area contributed by atoms with E-state index in [0.29, 0.717) is 11.6 Å². The molecule has 0 spiro atoms. The van der Waals surface area contributed by atoms with Crippen LogP contribution in [0.2, 0.25) is 0 Å². The van der Waals surface area contributed by atoms with E-state index in [1.807, 2.05) is 18.2 Å². The maximum atomic E-state index is 6.00. The molecule has 0 saturated heterocycles. The number of hydrogen-bond donors (Lipinski definition) is 1. The molecule has 3 aromatic rings. The zero-order valence-corrected chi connectivity index (χ0v) is 13.4. The summed E-state index contributed by atoms with van der Waals surface area (Å²) in [6.07, 6.45) is 1.90. The number of nitrogen functional groups attached to an aromatic ring is 1. The van der Waals surface area contributed by atoms with Gasteiger partial charge in [-0.1, -0.05) is 49.7 Å². The lowest BCUT2D eigenvalue weighted by atomic mass is 10.1. The number of anilines is 1. The van der Waals surface area contributed by atoms with Gasteiger partial charge in [-0.3, -0.25) is 0 Å². The van der Waals surface area contributed by atoms with Crippen molar-refractivity contribution in [1.29, 1.82) is 0 Å². The minimum absolute atomic E-state index is 0.497. The molecule has 0 atom stereocenters. The van der Waals surface area contributed by atoms with Crippen LogP contribution in [0.25, 0.3) is 22.2 Å². The zero-order chi connectivity index (χ0) is 14.8. The van der Waals surface area contributed by atoms with E-state index in [9.17, 15) is 0 Å². The quantitative estimate of drug-likeness (QED) is 0.757. The summed E-state index contributed by atoms with van der Waals surface area (Å²) < 4.78 is 0.814. The first-order valence-electron chi connectivity index (χ1n) is 7.00. The summed E-state index contributed by atoms with van der Waals surface area (Å²) in [7, 11) is 0. The van der Waals surface area contributed by atoms with E-state index in [2.05, 4.69) is 57.1 Å². The number of fused-ring (bicyclic) bond motifs is 1. The normalized spacial score (nSPS) is 11.0. The van der Waals surface area contributed by atoms with Crippen LogP contribution in [0.1, 0.15) is 19.0 Å². The maximum absolute atomic E-state index is 6.00. The van der Waals surface area contributed by atoms with Crippen LogP contribution < -0.4 is 5.73 Å². The third-order valence-corrected chi connectivity index (χ3v) is 4.30. The second-order valence-corrected chi connectivity index (χ2v) is 5.80. The molecular formula is C17H16BrN3. The molecule has 1 aromatic heterocycles. The van der Waals surface area contributed by atoms with Crippen LogP contribution >= 0.6 is 15.9 Å². The Balaban J connectivity index is 2.13. The Hall–Kier alpha value is -1.94. The average Bonchev–Trinajstić information content (AvgIpc) is 2.51. The standard InChI is InChI=1S/C17H16BrN3/c1-2-5-14-15(18)16(19)21-17(20-14)13-9-8-11-6-3-4-7-12(11)10-13/h3-4,6-10H,2,5H2,1H3,(H2,19,20,21). The van der Waals surface area contributed by atoms with E-state index >= 15 is 0 Å². The van der Waals surface area contributed by atoms with E-state index in [-0.39, 0.29) is 0 Å². The molecule has 0 amide bonds. The summed E-state index contributed by atoms with van der Waals surface area (Å²) in [5.74, 6) is 1.18. The summed E-state index contributed by atoms with van der Waals surface area (Å²) in [6, 6.07) is 14.5. The largest absolute Gasteiger partial charge is 0.383 e. The maximum Gasteiger partial charge on any atom is 0.161 e. The lowest BCUT2D eigenvalue weighted by Crippen LogP contribution is -2.02. The number of halogens is 1. The van der Waals surface area contributed by atoms with E-state index in [1.54, 1.807) is 0 Å². The molecule has 0 unspecified atom stereocenters. The molecule has 3 rings (SSSR count). The molecule has 21 heavy (non-hydrogen) atoms. The van der Waals surface area contributed by atoms with Gasteiger partial charge >= 0.3 is 0 Å². The lowest BCUT2D eigenvalue weighted by Gasteiger charge is -2.09. The van der Waals surface area contributed by atoms with Crippen molar-refractivity contribution in [3.05, 3.63) is 52.6 Å². The fraction of sp³-hybridized carbons (Fsp3) is 0.176. The fourth-order valence-corrected chi connectivity index (χ4v) is 2.75. The monoisotopic (exact) mass is 341 g/mol. The van der Waals surface area contributed by atoms with E-state index in [1.165, 1.54) is 10.8 Å². The van der Waals surface area contributed by atoms with Crippen molar-refractivity contribution in [3.8, 4) is 11.4 Å². The number of benzene rings is 2. The lowest BCUT2D eigenvalue weighted by molar-refractivity contribution is 0.870. The minimum atomic E-state index is 0.497. The van der Waals surface area contributed by atoms with Crippen molar-refractivity contribution in [1.82, 2.24) is 9.97 Å². The molecule has 3 nitrogen and oxygen atoms in total. The fourth-order valence-electron chi connectivity index (χ4n) is 2.37. The Morgan fingerprint density at radius 3 is 2.57 bits per heavy atom. The number of aryl methyl sites for hydroxylation is 1. The van der Waals surface area contributed by atoms with Crippen LogP contribution in [-0.4, -0.2) is 9.97 Å². The number of nitrogens with two attached hydrogens (primary N) is 1. The van der Waals surface area contributed by atoms with Crippen LogP contribution in [0, 0.1) is 0 Å². The zero-order valence-electron chi connectivity index (χ0n) is 11.8. The SMILES string of the molecule is CCCc1nc(-c2ccc3ccccc3c2)nc(N)c1Br. The molecule has 1 heterocycles. The molecule has 4 heteroatoms. The summed E-state index contributed by atoms with van der Waals surface area (Å²) in [5.41, 5.74) is 7.96. The highest BCUT2D eigenvalue weighted by molar-refractivity contribution is 9.10. The average molecular weight is 342 g/mol. The molecule has 0 saturated carbocycles. The van der Waals surface area contributed by atoms with Crippen LogP contribution in [0.3, 0.4) is 0 Å². The predicted octanol–water partition coefficient (Wildman–Crippen LogP) is 4.59. The number of rotatable bonds is 3. The van der Waals surface area contributed by atoms with E-state index in [4.69, 9.17) is 5.73 Å². The summed E-state index contributed by atoms with van der Waals surface area (Å²) in [5, 5.41) is 2.39. The molecule has 0 aliphatic carbocycles. The van der Waals surface area contributed by atoms with Crippen LogP contribution in [-0.2, 0) is 6.42 Å². The van der Waals surface area contributed by atoms with Crippen LogP contribution in [0.4, 0.5) is 5.82 Å². The van der Waals surface area contributed by atoms with Gasteiger partial charge in [-0.15, -0.1) is 0 Å². The van der Waals surface area contributed by atoms with Crippen LogP contribution in [0.5, 0.6) is 0 Å². The highest BCUT2D eigenvalue weighted by Gasteiger charge is 2.11. The Kier molecular flexibility index (Phi) is 3.88. The molecule has 2 aromatic carbocycles. The smallest absolute Gasteiger partial charge is 0.161 e. The Labute approximate surface area is 132 Å². The first-order valence-corrected chi connectivity index (χ1v) is 7.79. The first kappa shape index (κ1) is 14.0. The molecule has 0 aliphatic heterocycles. The number of nitrogens with zero attached hydrogens (tertiary/aromatic N) is 2. The summed E-state index contributed by atoms with van der Waals surface area (Å²) in [6.45, 7) is 2.13. The van der Waals surface area contributed by atoms with Crippen molar-refractivity contribution in [2.45, 2.75) is 19.8 Å². The van der Waals surface area contributed by atoms with Gasteiger partial charge in [0.2, 0.25) is 0 Å². The Morgan fingerprint density at radius 2 is 1.81 bits per heavy atom. The topological polar surface area (TPSA) is 51.8 Å². The van der Waals surface area contributed by atoms with Crippen molar-refractivity contribution >= 4 is 32.5 Å². The Bertz CT molecular complexity index is 799. The van der Waals surface area contributed by atoms with Gasteiger partial charge < -0.3 is 5.73 Å². The Morgan fingerprint density at radius 1 is 1.05 bits per heavy atom. The van der Waals surface area contributed by atoms with Crippen molar-refractivity contribution in [3.63, 3.8) is 0 Å². The molecule has 0 bridgehead atoms. The highest BCUT2D eigenvalue weighted by Crippen LogP contribution is 2.27. The van der Waals surface area contributed by atoms with Crippen molar-refractivity contribution in [2.24, 2.45) is 0 Å². The first-order chi connectivity index (χ1) is 10.2. The highest BCUT2D eigenvalue weighted by atomic mass is 79.9. The third kappa shape index (κ3) is 2.76. The number of aromatic nitrogens is 2. The van der Waals surface area contributed by atoms with Crippen molar-refractivity contribution in [2.75, 3.05) is 5.73 Å². The van der Waals surface area contributed by atoms with Gasteiger partial charge in [-0.2, -0.15) is 0 Å². The van der Waals surface area contributed by atoms with Gasteiger partial charge in [0.15, 0.2) is 5.82 Å². The predicted molar refractivity (Wildman–Crippen MR) is 91.1 cm³/mol. The summed E-state index contributed by atoms with van der Waals surface area (Å²) in [4.78, 5) is 9.07. The van der Waals surface area contributed by atoms with Gasteiger partial charge in [-0.05, 0) is 39.2 Å². The van der Waals surface area contributed by atoms with Gasteiger partial charge in [0.1, 0.15) is 5.82 Å². The van der Waals surface area contributed by atoms with Gasteiger partial charge in [-0.25, -0.2) is 9.97 Å². The molecule has 0 fully saturated rings. The molecule has 0 radical (unpaired) electrons. The van der Waals surface area contributed by atoms with Gasteiger partial charge in [0.25, 0.3) is 0 Å². The molecule has 2 N–H and O–H groups in total. The minimum Gasteiger partial charge on any atom is -0.383 e. The second-order valence-electron chi connectivity index (χ2n) is 5.01. The molecule has 0 aliphatic rings. The molecular weight excluding hydrogens is 326 g/mol. The van der Waals surface area contributed by atoms with Gasteiger partial charge in [0.05, 0.1) is 10.2 Å². The van der Waals surface area contributed by atoms with E-state index in [0.717, 1.165) is 28.6 Å².